The predicted molar refractivity (Wildman–Crippen MR) is 129 cm³/mol. The number of carbonyl (C=O) groups is 2. The number of carboxylic acids is 1. The van der Waals surface area contributed by atoms with Gasteiger partial charge in [-0.25, -0.2) is 5.43 Å². The summed E-state index contributed by atoms with van der Waals surface area (Å²) >= 11 is 1.22. The van der Waals surface area contributed by atoms with Crippen molar-refractivity contribution >= 4 is 29.9 Å². The first-order valence-electron chi connectivity index (χ1n) is 10.4. The van der Waals surface area contributed by atoms with Crippen LogP contribution in [0.1, 0.15) is 21.5 Å². The van der Waals surface area contributed by atoms with Crippen LogP contribution in [-0.2, 0) is 4.79 Å². The van der Waals surface area contributed by atoms with Crippen LogP contribution in [0.25, 0.3) is 17.1 Å². The van der Waals surface area contributed by atoms with Crippen LogP contribution >= 0.6 is 11.8 Å². The third-order valence-corrected chi connectivity index (χ3v) is 5.79. The first-order chi connectivity index (χ1) is 16.5. The molecular weight excluding hydrogens is 450 g/mol. The Labute approximate surface area is 200 Å². The Morgan fingerprint density at radius 3 is 2.44 bits per heavy atom. The molecule has 1 aromatic heterocycles. The Morgan fingerprint density at radius 2 is 1.71 bits per heavy atom. The number of carbonyl (C=O) groups excluding carboxylic acids is 2. The Bertz CT molecular complexity index is 1330. The van der Waals surface area contributed by atoms with Gasteiger partial charge in [0.1, 0.15) is 0 Å². The van der Waals surface area contributed by atoms with Crippen LogP contribution in [0.15, 0.2) is 89.1 Å². The van der Waals surface area contributed by atoms with E-state index in [-0.39, 0.29) is 17.2 Å². The number of nitrogens with zero attached hydrogens (tertiary/aromatic N) is 4. The third-order valence-electron chi connectivity index (χ3n) is 4.86. The number of aromatic nitrogens is 3. The molecule has 0 unspecified atom stereocenters. The number of hydrogen-bond acceptors (Lipinski definition) is 7. The van der Waals surface area contributed by atoms with Gasteiger partial charge in [-0.3, -0.25) is 9.36 Å². The summed E-state index contributed by atoms with van der Waals surface area (Å²) in [5.41, 5.74) is 5.67. The van der Waals surface area contributed by atoms with E-state index in [4.69, 9.17) is 0 Å². The Morgan fingerprint density at radius 1 is 1.00 bits per heavy atom. The highest BCUT2D eigenvalue weighted by atomic mass is 32.2. The summed E-state index contributed by atoms with van der Waals surface area (Å²) < 4.78 is 1.90. The molecule has 0 radical (unpaired) electrons. The number of hydrazone groups is 1. The number of aryl methyl sites for hydroxylation is 1. The number of hydrogen-bond donors (Lipinski definition) is 1. The summed E-state index contributed by atoms with van der Waals surface area (Å²) in [6.45, 7) is 2.02. The Balaban J connectivity index is 1.49. The van der Waals surface area contributed by atoms with Crippen molar-refractivity contribution in [1.29, 1.82) is 0 Å². The van der Waals surface area contributed by atoms with E-state index in [9.17, 15) is 14.7 Å². The molecular formula is C25H20N5O3S-. The van der Waals surface area contributed by atoms with Gasteiger partial charge in [0.2, 0.25) is 0 Å². The van der Waals surface area contributed by atoms with E-state index >= 15 is 0 Å². The van der Waals surface area contributed by atoms with Crippen molar-refractivity contribution in [3.8, 4) is 17.1 Å². The molecule has 3 aromatic carbocycles. The second kappa shape index (κ2) is 10.6. The SMILES string of the molecule is Cc1ccc(-c2nnc(SCC(=O)NN=Cc3ccccc3C(=O)[O-])n2-c2ccccc2)cc1. The summed E-state index contributed by atoms with van der Waals surface area (Å²) in [6, 6.07) is 23.9. The van der Waals surface area contributed by atoms with Crippen molar-refractivity contribution in [2.24, 2.45) is 5.10 Å². The number of carboxylic acid groups (broad SMARTS) is 1. The lowest BCUT2D eigenvalue weighted by molar-refractivity contribution is -0.255. The van der Waals surface area contributed by atoms with E-state index in [2.05, 4.69) is 20.7 Å². The number of aromatic carboxylic acids is 1. The van der Waals surface area contributed by atoms with Crippen LogP contribution in [0, 0.1) is 6.92 Å². The largest absolute Gasteiger partial charge is 0.545 e. The Kier molecular flexibility index (Phi) is 7.14. The van der Waals surface area contributed by atoms with Crippen LogP contribution in [0.2, 0.25) is 0 Å². The standard InChI is InChI=1S/C25H21N5O3S/c1-17-11-13-18(14-12-17)23-28-29-25(30(23)20-8-3-2-4-9-20)34-16-22(31)27-26-15-19-7-5-6-10-21(19)24(32)33/h2-15H,16H2,1H3,(H,27,31)(H,32,33)/p-1. The van der Waals surface area contributed by atoms with Gasteiger partial charge in [-0.1, -0.05) is 84.1 Å². The monoisotopic (exact) mass is 470 g/mol. The van der Waals surface area contributed by atoms with Gasteiger partial charge in [-0.15, -0.1) is 10.2 Å². The first kappa shape index (κ1) is 22.9. The molecule has 0 bridgehead atoms. The molecule has 9 heteroatoms. The van der Waals surface area contributed by atoms with Crippen LogP contribution in [-0.4, -0.2) is 38.6 Å². The van der Waals surface area contributed by atoms with Gasteiger partial charge in [-0.05, 0) is 19.1 Å². The van der Waals surface area contributed by atoms with Crippen molar-refractivity contribution in [3.05, 3.63) is 95.6 Å². The molecule has 34 heavy (non-hydrogen) atoms. The maximum Gasteiger partial charge on any atom is 0.250 e. The average Bonchev–Trinajstić information content (AvgIpc) is 3.28. The molecule has 1 heterocycles. The first-order valence-corrected chi connectivity index (χ1v) is 11.3. The van der Waals surface area contributed by atoms with Crippen molar-refractivity contribution < 1.29 is 14.7 Å². The van der Waals surface area contributed by atoms with E-state index in [0.29, 0.717) is 16.5 Å². The second-order valence-electron chi connectivity index (χ2n) is 7.30. The fourth-order valence-corrected chi connectivity index (χ4v) is 3.94. The van der Waals surface area contributed by atoms with Gasteiger partial charge >= 0.3 is 0 Å². The molecule has 170 valence electrons. The lowest BCUT2D eigenvalue weighted by Crippen LogP contribution is -2.24. The van der Waals surface area contributed by atoms with Gasteiger partial charge in [0.25, 0.3) is 5.91 Å². The second-order valence-corrected chi connectivity index (χ2v) is 8.24. The zero-order valence-corrected chi connectivity index (χ0v) is 19.0. The Hall–Kier alpha value is -4.24. The van der Waals surface area contributed by atoms with Crippen molar-refractivity contribution in [3.63, 3.8) is 0 Å². The molecule has 4 rings (SSSR count). The highest BCUT2D eigenvalue weighted by Gasteiger charge is 2.17. The average molecular weight is 471 g/mol. The number of para-hydroxylation sites is 1. The molecule has 0 spiro atoms. The van der Waals surface area contributed by atoms with E-state index in [1.54, 1.807) is 18.2 Å². The molecule has 8 nitrogen and oxygen atoms in total. The van der Waals surface area contributed by atoms with Gasteiger partial charge in [0, 0.05) is 22.4 Å². The highest BCUT2D eigenvalue weighted by molar-refractivity contribution is 7.99. The molecule has 1 N–H and O–H groups in total. The van der Waals surface area contributed by atoms with Crippen molar-refractivity contribution in [2.75, 3.05) is 5.75 Å². The zero-order valence-electron chi connectivity index (χ0n) is 18.2. The molecule has 0 saturated heterocycles. The maximum absolute atomic E-state index is 12.4. The number of amides is 1. The summed E-state index contributed by atoms with van der Waals surface area (Å²) in [4.78, 5) is 23.5. The number of thioether (sulfide) groups is 1. The summed E-state index contributed by atoms with van der Waals surface area (Å²) in [5, 5.41) is 24.3. The van der Waals surface area contributed by atoms with Gasteiger partial charge < -0.3 is 9.90 Å². The van der Waals surface area contributed by atoms with Crippen molar-refractivity contribution in [1.82, 2.24) is 20.2 Å². The molecule has 0 saturated carbocycles. The van der Waals surface area contributed by atoms with Crippen LogP contribution < -0.4 is 10.5 Å². The lowest BCUT2D eigenvalue weighted by Gasteiger charge is -2.10. The van der Waals surface area contributed by atoms with Crippen LogP contribution in [0.5, 0.6) is 0 Å². The van der Waals surface area contributed by atoms with Gasteiger partial charge in [0.05, 0.1) is 17.9 Å². The fraction of sp³-hybridized carbons (Fsp3) is 0.0800. The third kappa shape index (κ3) is 5.38. The van der Waals surface area contributed by atoms with Gasteiger partial charge in [-0.2, -0.15) is 5.10 Å². The van der Waals surface area contributed by atoms with Gasteiger partial charge in [0.15, 0.2) is 11.0 Å². The fourth-order valence-electron chi connectivity index (χ4n) is 3.19. The topological polar surface area (TPSA) is 112 Å². The number of rotatable bonds is 8. The van der Waals surface area contributed by atoms with E-state index in [1.807, 2.05) is 66.1 Å². The van der Waals surface area contributed by atoms with E-state index in [0.717, 1.165) is 16.8 Å². The predicted octanol–water partition coefficient (Wildman–Crippen LogP) is 2.85. The molecule has 0 aliphatic carbocycles. The normalized spacial score (nSPS) is 11.0. The summed E-state index contributed by atoms with van der Waals surface area (Å²) in [5.74, 6) is -0.968. The highest BCUT2D eigenvalue weighted by Crippen LogP contribution is 2.28. The minimum absolute atomic E-state index is 0.00512. The molecule has 0 aliphatic heterocycles. The lowest BCUT2D eigenvalue weighted by atomic mass is 10.1. The molecule has 0 atom stereocenters. The minimum Gasteiger partial charge on any atom is -0.545 e. The van der Waals surface area contributed by atoms with E-state index < -0.39 is 5.97 Å². The molecule has 4 aromatic rings. The zero-order chi connectivity index (χ0) is 23.9. The van der Waals surface area contributed by atoms with Crippen LogP contribution in [0.4, 0.5) is 0 Å². The quantitative estimate of drug-likeness (QED) is 0.241. The molecule has 0 fully saturated rings. The number of benzene rings is 3. The van der Waals surface area contributed by atoms with Crippen molar-refractivity contribution in [2.45, 2.75) is 12.1 Å². The summed E-state index contributed by atoms with van der Waals surface area (Å²) in [6.07, 6.45) is 1.27. The molecule has 0 aliphatic rings. The number of nitrogens with one attached hydrogen (secondary N) is 1. The van der Waals surface area contributed by atoms with Crippen LogP contribution in [0.3, 0.4) is 0 Å². The van der Waals surface area contributed by atoms with E-state index in [1.165, 1.54) is 24.0 Å². The summed E-state index contributed by atoms with van der Waals surface area (Å²) in [7, 11) is 0. The molecule has 1 amide bonds. The maximum atomic E-state index is 12.4. The minimum atomic E-state index is -1.31. The smallest absolute Gasteiger partial charge is 0.250 e.